The van der Waals surface area contributed by atoms with Gasteiger partial charge in [-0.05, 0) is 56.9 Å². The molecule has 2 heterocycles. The molecule has 0 radical (unpaired) electrons. The van der Waals surface area contributed by atoms with Crippen molar-refractivity contribution in [2.45, 2.75) is 88.6 Å². The molecule has 1 aliphatic carbocycles. The minimum absolute atomic E-state index is 0.0633. The van der Waals surface area contributed by atoms with Gasteiger partial charge < -0.3 is 25.4 Å². The number of carboxylic acids is 1. The largest absolute Gasteiger partial charge is 0.490 e. The number of rotatable bonds is 8. The van der Waals surface area contributed by atoms with E-state index in [0.29, 0.717) is 17.9 Å². The number of pyridine rings is 1. The van der Waals surface area contributed by atoms with Crippen molar-refractivity contribution >= 4 is 5.97 Å². The average molecular weight is 407 g/mol. The first kappa shape index (κ1) is 22.0. The molecule has 0 aromatic carbocycles. The Morgan fingerprint density at radius 1 is 1.41 bits per heavy atom. The molecule has 2 aliphatic rings. The van der Waals surface area contributed by atoms with Gasteiger partial charge >= 0.3 is 5.97 Å². The topological polar surface area (TPSA) is 115 Å². The van der Waals surface area contributed by atoms with E-state index in [-0.39, 0.29) is 24.0 Å². The third-order valence-electron chi connectivity index (χ3n) is 6.28. The van der Waals surface area contributed by atoms with Gasteiger partial charge in [-0.25, -0.2) is 4.79 Å². The third kappa shape index (κ3) is 5.27. The van der Waals surface area contributed by atoms with Gasteiger partial charge in [-0.2, -0.15) is 0 Å². The zero-order valence-electron chi connectivity index (χ0n) is 17.5. The Balaban J connectivity index is 1.63. The fourth-order valence-electron chi connectivity index (χ4n) is 4.55. The number of nitrogens with two attached hydrogens (primary N) is 1. The SMILES string of the molecule is CC(C)C[C@H](N)[C@](O)(Cc1cc(O[C@H]2CC[C@]3(CCCO3)CC2)ccn1)C(=O)O. The maximum absolute atomic E-state index is 11.8. The van der Waals surface area contributed by atoms with Crippen LogP contribution in [0.2, 0.25) is 0 Å². The third-order valence-corrected chi connectivity index (χ3v) is 6.28. The fraction of sp³-hybridized carbons (Fsp3) is 0.727. The van der Waals surface area contributed by atoms with E-state index in [9.17, 15) is 15.0 Å². The Hall–Kier alpha value is -1.70. The summed E-state index contributed by atoms with van der Waals surface area (Å²) in [6.07, 6.45) is 8.14. The van der Waals surface area contributed by atoms with Crippen molar-refractivity contribution in [2.75, 3.05) is 6.61 Å². The van der Waals surface area contributed by atoms with Gasteiger partial charge in [-0.15, -0.1) is 0 Å². The predicted molar refractivity (Wildman–Crippen MR) is 109 cm³/mol. The van der Waals surface area contributed by atoms with Gasteiger partial charge in [0.1, 0.15) is 5.75 Å². The van der Waals surface area contributed by atoms with Gasteiger partial charge in [0.05, 0.1) is 11.7 Å². The zero-order valence-corrected chi connectivity index (χ0v) is 17.5. The van der Waals surface area contributed by atoms with Crippen molar-refractivity contribution < 1.29 is 24.5 Å². The average Bonchev–Trinajstić information content (AvgIpc) is 3.11. The molecule has 1 saturated carbocycles. The number of nitrogens with zero attached hydrogens (tertiary/aromatic N) is 1. The van der Waals surface area contributed by atoms with Crippen molar-refractivity contribution in [3.63, 3.8) is 0 Å². The van der Waals surface area contributed by atoms with E-state index in [1.54, 1.807) is 18.3 Å². The number of ether oxygens (including phenoxy) is 2. The molecule has 0 unspecified atom stereocenters. The Bertz CT molecular complexity index is 694. The lowest BCUT2D eigenvalue weighted by molar-refractivity contribution is -0.161. The first-order valence-electron chi connectivity index (χ1n) is 10.7. The quantitative estimate of drug-likeness (QED) is 0.608. The van der Waals surface area contributed by atoms with E-state index < -0.39 is 17.6 Å². The van der Waals surface area contributed by atoms with Crippen LogP contribution in [0, 0.1) is 5.92 Å². The standard InChI is InChI=1S/C22H34N2O5/c1-15(2)12-19(23)22(27,20(25)26)14-16-13-18(6-10-24-16)29-17-4-8-21(9-5-17)7-3-11-28-21/h6,10,13,15,17,19,27H,3-5,7-9,11-12,14,23H2,1-2H3,(H,25,26)/t17-,19-,21+,22+/m0/s1. The van der Waals surface area contributed by atoms with Gasteiger partial charge in [-0.1, -0.05) is 13.8 Å². The molecule has 7 heteroatoms. The molecule has 1 spiro atoms. The minimum Gasteiger partial charge on any atom is -0.490 e. The summed E-state index contributed by atoms with van der Waals surface area (Å²) in [5.41, 5.74) is 4.50. The monoisotopic (exact) mass is 406 g/mol. The Morgan fingerprint density at radius 3 is 2.72 bits per heavy atom. The number of carbonyl (C=O) groups is 1. The van der Waals surface area contributed by atoms with Crippen LogP contribution in [0.25, 0.3) is 0 Å². The van der Waals surface area contributed by atoms with Gasteiger partial charge in [-0.3, -0.25) is 4.98 Å². The van der Waals surface area contributed by atoms with Gasteiger partial charge in [0.25, 0.3) is 0 Å². The molecule has 1 aliphatic heterocycles. The number of hydrogen-bond acceptors (Lipinski definition) is 6. The molecule has 0 bridgehead atoms. The number of aliphatic carboxylic acids is 1. The van der Waals surface area contributed by atoms with Crippen molar-refractivity contribution in [3.8, 4) is 5.75 Å². The Kier molecular flexibility index (Phi) is 6.81. The van der Waals surface area contributed by atoms with E-state index in [4.69, 9.17) is 15.2 Å². The Morgan fingerprint density at radius 2 is 2.14 bits per heavy atom. The van der Waals surface area contributed by atoms with Crippen LogP contribution in [0.5, 0.6) is 5.75 Å². The highest BCUT2D eigenvalue weighted by atomic mass is 16.5. The highest BCUT2D eigenvalue weighted by molar-refractivity contribution is 5.78. The maximum Gasteiger partial charge on any atom is 0.337 e. The first-order valence-corrected chi connectivity index (χ1v) is 10.7. The lowest BCUT2D eigenvalue weighted by atomic mass is 9.81. The second kappa shape index (κ2) is 8.98. The molecule has 3 rings (SSSR count). The highest BCUT2D eigenvalue weighted by Crippen LogP contribution is 2.40. The summed E-state index contributed by atoms with van der Waals surface area (Å²) >= 11 is 0. The van der Waals surface area contributed by atoms with Crippen molar-refractivity contribution in [2.24, 2.45) is 11.7 Å². The van der Waals surface area contributed by atoms with Gasteiger partial charge in [0.15, 0.2) is 5.60 Å². The second-order valence-corrected chi connectivity index (χ2v) is 9.08. The minimum atomic E-state index is -2.06. The summed E-state index contributed by atoms with van der Waals surface area (Å²) in [5, 5.41) is 20.4. The van der Waals surface area contributed by atoms with Gasteiger partial charge in [0, 0.05) is 37.0 Å². The van der Waals surface area contributed by atoms with E-state index >= 15 is 0 Å². The van der Waals surface area contributed by atoms with E-state index in [2.05, 4.69) is 4.98 Å². The van der Waals surface area contributed by atoms with Crippen molar-refractivity contribution in [1.29, 1.82) is 0 Å². The molecule has 2 fully saturated rings. The van der Waals surface area contributed by atoms with Crippen LogP contribution in [-0.2, 0) is 16.0 Å². The molecule has 1 aromatic heterocycles. The van der Waals surface area contributed by atoms with E-state index in [1.165, 1.54) is 0 Å². The molecule has 0 amide bonds. The summed E-state index contributed by atoms with van der Waals surface area (Å²) < 4.78 is 12.1. The van der Waals surface area contributed by atoms with E-state index in [0.717, 1.165) is 45.1 Å². The number of aromatic nitrogens is 1. The molecule has 1 saturated heterocycles. The number of carboxylic acid groups (broad SMARTS) is 1. The van der Waals surface area contributed by atoms with Crippen molar-refractivity contribution in [1.82, 2.24) is 4.98 Å². The maximum atomic E-state index is 11.8. The summed E-state index contributed by atoms with van der Waals surface area (Å²) in [6, 6.07) is 2.60. The summed E-state index contributed by atoms with van der Waals surface area (Å²) in [6.45, 7) is 4.75. The van der Waals surface area contributed by atoms with E-state index in [1.807, 2.05) is 13.8 Å². The van der Waals surface area contributed by atoms with Crippen LogP contribution >= 0.6 is 0 Å². The molecule has 2 atom stereocenters. The lowest BCUT2D eigenvalue weighted by Crippen LogP contribution is -2.56. The van der Waals surface area contributed by atoms with Crippen LogP contribution in [0.15, 0.2) is 18.3 Å². The van der Waals surface area contributed by atoms with Crippen LogP contribution in [-0.4, -0.2) is 51.1 Å². The highest BCUT2D eigenvalue weighted by Gasteiger charge is 2.43. The van der Waals surface area contributed by atoms with Gasteiger partial charge in [0.2, 0.25) is 0 Å². The second-order valence-electron chi connectivity index (χ2n) is 9.08. The molecule has 162 valence electrons. The summed E-state index contributed by atoms with van der Waals surface area (Å²) in [7, 11) is 0. The Labute approximate surface area is 172 Å². The number of hydrogen-bond donors (Lipinski definition) is 3. The van der Waals surface area contributed by atoms with Crippen LogP contribution in [0.4, 0.5) is 0 Å². The summed E-state index contributed by atoms with van der Waals surface area (Å²) in [4.78, 5) is 16.0. The number of aliphatic hydroxyl groups is 1. The molecule has 1 aromatic rings. The molecule has 7 nitrogen and oxygen atoms in total. The summed E-state index contributed by atoms with van der Waals surface area (Å²) in [5.74, 6) is -0.502. The smallest absolute Gasteiger partial charge is 0.337 e. The predicted octanol–water partition coefficient (Wildman–Crippen LogP) is 2.68. The lowest BCUT2D eigenvalue weighted by Gasteiger charge is -2.36. The van der Waals surface area contributed by atoms with Crippen molar-refractivity contribution in [3.05, 3.63) is 24.0 Å². The fourth-order valence-corrected chi connectivity index (χ4v) is 4.55. The van der Waals surface area contributed by atoms with Crippen LogP contribution in [0.1, 0.15) is 64.5 Å². The van der Waals surface area contributed by atoms with Crippen LogP contribution < -0.4 is 10.5 Å². The normalized spacial score (nSPS) is 27.7. The molecular weight excluding hydrogens is 372 g/mol. The molecule has 29 heavy (non-hydrogen) atoms. The molecule has 4 N–H and O–H groups in total. The first-order chi connectivity index (χ1) is 13.7. The van der Waals surface area contributed by atoms with Crippen LogP contribution in [0.3, 0.4) is 0 Å². The zero-order chi connectivity index (χ0) is 21.1. The molecular formula is C22H34N2O5.